The van der Waals surface area contributed by atoms with E-state index in [4.69, 9.17) is 37.5 Å². The average Bonchev–Trinajstić information content (AvgIpc) is 3.18. The van der Waals surface area contributed by atoms with Crippen LogP contribution in [0.1, 0.15) is 13.3 Å². The molecule has 0 aromatic carbocycles. The van der Waals surface area contributed by atoms with Crippen LogP contribution in [0.3, 0.4) is 0 Å². The molecule has 0 spiro atoms. The molecule has 3 atom stereocenters. The second kappa shape index (κ2) is 9.33. The summed E-state index contributed by atoms with van der Waals surface area (Å²) in [6, 6.07) is 0. The Morgan fingerprint density at radius 3 is 2.18 bits per heavy atom. The highest BCUT2D eigenvalue weighted by molar-refractivity contribution is 7.54. The Labute approximate surface area is 140 Å². The molecule has 3 N–H and O–H groups in total. The van der Waals surface area contributed by atoms with Gasteiger partial charge in [-0.25, -0.2) is 9.76 Å². The van der Waals surface area contributed by atoms with Gasteiger partial charge in [-0.05, 0) is 13.3 Å². The van der Waals surface area contributed by atoms with Crippen molar-refractivity contribution >= 4 is 38.5 Å². The van der Waals surface area contributed by atoms with E-state index in [-0.39, 0.29) is 6.10 Å². The first-order chi connectivity index (χ1) is 10.2. The summed E-state index contributed by atoms with van der Waals surface area (Å²) >= 11 is 11.2. The highest BCUT2D eigenvalue weighted by Crippen LogP contribution is 2.52. The normalized spacial score (nSPS) is 31.5. The minimum Gasteiger partial charge on any atom is -0.356 e. The van der Waals surface area contributed by atoms with E-state index in [1.54, 1.807) is 11.6 Å². The quantitative estimate of drug-likeness (QED) is 0.352. The number of alkyl halides is 2. The van der Waals surface area contributed by atoms with Gasteiger partial charge in [0, 0.05) is 31.4 Å². The summed E-state index contributed by atoms with van der Waals surface area (Å²) in [5.74, 6) is 0.0279. The summed E-state index contributed by atoms with van der Waals surface area (Å²) in [7, 11) is -6.75. The fourth-order valence-electron chi connectivity index (χ4n) is 1.81. The maximum absolute atomic E-state index is 12.2. The summed E-state index contributed by atoms with van der Waals surface area (Å²) in [5.41, 5.74) is 0. The fraction of sp³-hybridized carbons (Fsp3) is 1.00. The van der Waals surface area contributed by atoms with E-state index in [1.807, 2.05) is 0 Å². The van der Waals surface area contributed by atoms with Crippen LogP contribution in [0, 0.1) is 0 Å². The molecule has 0 saturated carbocycles. The lowest BCUT2D eigenvalue weighted by Gasteiger charge is -2.33. The number of nitrogens with zero attached hydrogens (tertiary/aromatic N) is 1. The second-order valence-corrected chi connectivity index (χ2v) is 9.39. The maximum Gasteiger partial charge on any atom is 0.356 e. The summed E-state index contributed by atoms with van der Waals surface area (Å²) in [6.07, 6.45) is 0.635. The molecule has 0 amide bonds. The predicted octanol–water partition coefficient (Wildman–Crippen LogP) is 1.79. The van der Waals surface area contributed by atoms with E-state index in [0.717, 1.165) is 13.0 Å². The summed E-state index contributed by atoms with van der Waals surface area (Å²) in [5, 5.41) is 2.91. The summed E-state index contributed by atoms with van der Waals surface area (Å²) < 4.78 is 33.9. The minimum absolute atomic E-state index is 0.254. The number of halogens is 2. The maximum atomic E-state index is 12.2. The molecule has 12 heteroatoms. The van der Waals surface area contributed by atoms with Crippen LogP contribution in [0.25, 0.3) is 0 Å². The zero-order valence-electron chi connectivity index (χ0n) is 12.2. The van der Waals surface area contributed by atoms with E-state index in [9.17, 15) is 9.13 Å². The average molecular weight is 399 g/mol. The van der Waals surface area contributed by atoms with Crippen molar-refractivity contribution in [2.75, 3.05) is 38.0 Å². The van der Waals surface area contributed by atoms with E-state index < -0.39 is 21.1 Å². The molecule has 1 unspecified atom stereocenters. The van der Waals surface area contributed by atoms with Gasteiger partial charge in [0.05, 0.1) is 12.7 Å². The van der Waals surface area contributed by atoms with Crippen molar-refractivity contribution in [3.8, 4) is 0 Å². The fourth-order valence-corrected chi connectivity index (χ4v) is 5.35. The molecule has 0 aliphatic carbocycles. The molecule has 2 fully saturated rings. The van der Waals surface area contributed by atoms with Gasteiger partial charge in [0.2, 0.25) is 0 Å². The van der Waals surface area contributed by atoms with E-state index in [2.05, 4.69) is 9.82 Å². The molecule has 8 nitrogen and oxygen atoms in total. The van der Waals surface area contributed by atoms with Crippen molar-refractivity contribution < 1.29 is 28.2 Å². The lowest BCUT2D eigenvalue weighted by atomic mass is 10.5. The molecule has 22 heavy (non-hydrogen) atoms. The molecular formula is C10H22Cl2N2O6P2. The molecule has 132 valence electrons. The van der Waals surface area contributed by atoms with Crippen molar-refractivity contribution in [1.82, 2.24) is 9.76 Å². The molecule has 0 bridgehead atoms. The van der Waals surface area contributed by atoms with Gasteiger partial charge in [-0.3, -0.25) is 9.13 Å². The molecule has 0 radical (unpaired) electrons. The van der Waals surface area contributed by atoms with Gasteiger partial charge in [-0.1, -0.05) is 0 Å². The Hall–Kier alpha value is 0.800. The minimum atomic E-state index is -3.90. The van der Waals surface area contributed by atoms with Crippen LogP contribution in [0.2, 0.25) is 0 Å². The number of hydrogen-bond acceptors (Lipinski definition) is 4. The topological polar surface area (TPSA) is 112 Å². The first-order valence-corrected chi connectivity index (χ1v) is 11.1. The van der Waals surface area contributed by atoms with Crippen molar-refractivity contribution in [3.63, 3.8) is 0 Å². The molecule has 0 aromatic heterocycles. The Morgan fingerprint density at radius 2 is 1.91 bits per heavy atom. The number of nitrogens with one attached hydrogen (secondary N) is 1. The monoisotopic (exact) mass is 398 g/mol. The third-order valence-electron chi connectivity index (χ3n) is 2.97. The van der Waals surface area contributed by atoms with Crippen LogP contribution in [0.4, 0.5) is 0 Å². The van der Waals surface area contributed by atoms with E-state index >= 15 is 0 Å². The molecule has 2 aliphatic rings. The van der Waals surface area contributed by atoms with Crippen molar-refractivity contribution in [3.05, 3.63) is 0 Å². The van der Waals surface area contributed by atoms with E-state index in [1.165, 1.54) is 0 Å². The third-order valence-corrected chi connectivity index (χ3v) is 6.81. The summed E-state index contributed by atoms with van der Waals surface area (Å²) in [6.45, 7) is 3.94. The van der Waals surface area contributed by atoms with Crippen LogP contribution in [0.15, 0.2) is 0 Å². The van der Waals surface area contributed by atoms with Crippen LogP contribution in [-0.4, -0.2) is 64.4 Å². The van der Waals surface area contributed by atoms with Gasteiger partial charge in [0.15, 0.2) is 5.85 Å². The Kier molecular flexibility index (Phi) is 8.84. The van der Waals surface area contributed by atoms with Crippen LogP contribution in [0.5, 0.6) is 0 Å². The standard InChI is InChI=1S/C7H15Cl2N2O2P.C3H7O4P/c8-2-5-11(6-3-9)14(12)10-4-1-7-13-14;1-2-3(7-2)8(4,5)6/h1-7H2,(H,10,12);2-3H,1H3,(H2,4,5,6)/t;2-,3+/m.0/s1. The lowest BCUT2D eigenvalue weighted by molar-refractivity contribution is 0.233. The van der Waals surface area contributed by atoms with Gasteiger partial charge in [0.1, 0.15) is 0 Å². The molecule has 2 heterocycles. The SMILES string of the molecule is C[C@@H]1O[C@@H]1P(=O)(O)O.O=P1(N(CCCl)CCCl)NCCCO1. The Balaban J connectivity index is 0.000000255. The second-order valence-electron chi connectivity index (χ2n) is 4.77. The molecule has 2 aliphatic heterocycles. The number of epoxide rings is 1. The first kappa shape index (κ1) is 20.8. The van der Waals surface area contributed by atoms with E-state index in [0.29, 0.717) is 31.5 Å². The van der Waals surface area contributed by atoms with Gasteiger partial charge < -0.3 is 19.0 Å². The zero-order chi connectivity index (χ0) is 16.8. The highest BCUT2D eigenvalue weighted by atomic mass is 35.5. The first-order valence-electron chi connectivity index (χ1n) is 6.82. The molecular weight excluding hydrogens is 377 g/mol. The zero-order valence-corrected chi connectivity index (χ0v) is 15.5. The van der Waals surface area contributed by atoms with Crippen LogP contribution in [-0.2, 0) is 18.4 Å². The van der Waals surface area contributed by atoms with Crippen molar-refractivity contribution in [2.45, 2.75) is 25.3 Å². The molecule has 2 saturated heterocycles. The van der Waals surface area contributed by atoms with Gasteiger partial charge in [0.25, 0.3) is 0 Å². The molecule has 0 aromatic rings. The number of hydrogen-bond donors (Lipinski definition) is 3. The smallest absolute Gasteiger partial charge is 0.356 e. The third kappa shape index (κ3) is 6.73. The van der Waals surface area contributed by atoms with Gasteiger partial charge in [-0.2, -0.15) is 0 Å². The van der Waals surface area contributed by atoms with Crippen LogP contribution >= 0.6 is 38.5 Å². The van der Waals surface area contributed by atoms with Crippen LogP contribution < -0.4 is 5.09 Å². The Morgan fingerprint density at radius 1 is 1.36 bits per heavy atom. The number of rotatable bonds is 6. The number of ether oxygens (including phenoxy) is 1. The Bertz CT molecular complexity index is 422. The van der Waals surface area contributed by atoms with Gasteiger partial charge >= 0.3 is 15.3 Å². The van der Waals surface area contributed by atoms with Gasteiger partial charge in [-0.15, -0.1) is 23.2 Å². The highest BCUT2D eigenvalue weighted by Gasteiger charge is 2.48. The largest absolute Gasteiger partial charge is 0.356 e. The van der Waals surface area contributed by atoms with Crippen molar-refractivity contribution in [1.29, 1.82) is 0 Å². The summed E-state index contributed by atoms with van der Waals surface area (Å²) in [4.78, 5) is 16.6. The molecule has 2 rings (SSSR count). The predicted molar refractivity (Wildman–Crippen MR) is 85.6 cm³/mol. The van der Waals surface area contributed by atoms with Crippen molar-refractivity contribution in [2.24, 2.45) is 0 Å². The lowest BCUT2D eigenvalue weighted by Crippen LogP contribution is -2.35.